The van der Waals surface area contributed by atoms with E-state index in [1.54, 1.807) is 0 Å². The van der Waals surface area contributed by atoms with Gasteiger partial charge in [-0.1, -0.05) is 19.6 Å². The van der Waals surface area contributed by atoms with Gasteiger partial charge in [-0.25, -0.2) is 9.67 Å². The number of halogens is 3. The molecule has 0 bridgehead atoms. The Morgan fingerprint density at radius 2 is 2.00 bits per heavy atom. The van der Waals surface area contributed by atoms with E-state index in [0.29, 0.717) is 12.8 Å². The van der Waals surface area contributed by atoms with Crippen LogP contribution in [0, 0.1) is 17.0 Å². The van der Waals surface area contributed by atoms with Crippen LogP contribution in [-0.2, 0) is 17.6 Å². The molecule has 0 amide bonds. The summed E-state index contributed by atoms with van der Waals surface area (Å²) in [7, 11) is -1.35. The van der Waals surface area contributed by atoms with Gasteiger partial charge in [0.15, 0.2) is 5.69 Å². The Hall–Kier alpha value is -2.47. The lowest BCUT2D eigenvalue weighted by Crippen LogP contribution is -2.22. The number of nitrogens with two attached hydrogens (primary N) is 1. The quantitative estimate of drug-likeness (QED) is 0.315. The summed E-state index contributed by atoms with van der Waals surface area (Å²) in [5.74, 6) is -0.264. The summed E-state index contributed by atoms with van der Waals surface area (Å²) < 4.78 is 46.0. The van der Waals surface area contributed by atoms with E-state index in [2.05, 4.69) is 29.7 Å². The monoisotopic (exact) mass is 417 g/mol. The zero-order valence-electron chi connectivity index (χ0n) is 16.0. The molecule has 0 saturated carbocycles. The van der Waals surface area contributed by atoms with E-state index in [9.17, 15) is 23.3 Å². The van der Waals surface area contributed by atoms with Crippen molar-refractivity contribution in [3.05, 3.63) is 33.6 Å². The van der Waals surface area contributed by atoms with Gasteiger partial charge in [-0.2, -0.15) is 18.3 Å². The number of aromatic nitrogens is 3. The molecule has 0 aliphatic rings. The van der Waals surface area contributed by atoms with E-state index in [0.717, 1.165) is 16.8 Å². The van der Waals surface area contributed by atoms with Crippen LogP contribution in [0.15, 0.2) is 12.3 Å². The van der Waals surface area contributed by atoms with Crippen LogP contribution in [0.5, 0.6) is 0 Å². The third-order valence-electron chi connectivity index (χ3n) is 3.99. The third kappa shape index (κ3) is 5.07. The van der Waals surface area contributed by atoms with Crippen molar-refractivity contribution in [2.45, 2.75) is 45.5 Å². The van der Waals surface area contributed by atoms with Gasteiger partial charge in [0.25, 0.3) is 0 Å². The average molecular weight is 417 g/mol. The molecule has 2 aromatic rings. The predicted molar refractivity (Wildman–Crippen MR) is 100 cm³/mol. The Kier molecular flexibility index (Phi) is 6.14. The highest BCUT2D eigenvalue weighted by molar-refractivity contribution is 6.76. The predicted octanol–water partition coefficient (Wildman–Crippen LogP) is 4.08. The number of nitrogen functional groups attached to an aromatic ring is 1. The molecule has 0 fully saturated rings. The van der Waals surface area contributed by atoms with Crippen LogP contribution in [-0.4, -0.2) is 34.4 Å². The summed E-state index contributed by atoms with van der Waals surface area (Å²) >= 11 is 0. The van der Waals surface area contributed by atoms with Gasteiger partial charge in [0, 0.05) is 26.4 Å². The fourth-order valence-corrected chi connectivity index (χ4v) is 3.26. The highest BCUT2D eigenvalue weighted by Gasteiger charge is 2.34. The summed E-state index contributed by atoms with van der Waals surface area (Å²) in [6, 6.07) is 1.60. The average Bonchev–Trinajstić information content (AvgIpc) is 2.86. The zero-order valence-corrected chi connectivity index (χ0v) is 17.0. The Morgan fingerprint density at radius 3 is 2.54 bits per heavy atom. The van der Waals surface area contributed by atoms with Gasteiger partial charge in [-0.3, -0.25) is 10.1 Å². The second kappa shape index (κ2) is 7.87. The molecule has 0 aliphatic heterocycles. The third-order valence-corrected chi connectivity index (χ3v) is 5.69. The number of hydrogen-bond donors (Lipinski definition) is 1. The van der Waals surface area contributed by atoms with Gasteiger partial charge in [-0.15, -0.1) is 0 Å². The minimum atomic E-state index is -4.67. The van der Waals surface area contributed by atoms with E-state index in [1.807, 2.05) is 0 Å². The molecule has 0 aliphatic carbocycles. The molecular formula is C16H22F3N5O3Si. The van der Waals surface area contributed by atoms with Crippen LogP contribution >= 0.6 is 0 Å². The molecule has 2 rings (SSSR count). The molecule has 2 aromatic heterocycles. The van der Waals surface area contributed by atoms with Crippen molar-refractivity contribution >= 4 is 19.6 Å². The number of nitro groups is 1. The number of alkyl halides is 3. The summed E-state index contributed by atoms with van der Waals surface area (Å²) in [6.45, 7) is 8.17. The maximum Gasteiger partial charge on any atom is 0.417 e. The van der Waals surface area contributed by atoms with Crippen LogP contribution in [0.3, 0.4) is 0 Å². The fourth-order valence-electron chi connectivity index (χ4n) is 2.50. The Bertz CT molecular complexity index is 878. The van der Waals surface area contributed by atoms with Crippen LogP contribution in [0.4, 0.5) is 24.7 Å². The first kappa shape index (κ1) is 21.8. The lowest BCUT2D eigenvalue weighted by atomic mass is 10.1. The molecule has 0 saturated heterocycles. The Balaban J connectivity index is 2.49. The van der Waals surface area contributed by atoms with E-state index in [1.165, 1.54) is 6.92 Å². The number of nitrogens with zero attached hydrogens (tertiary/aromatic N) is 4. The zero-order chi connectivity index (χ0) is 21.3. The molecule has 0 atom stereocenters. The molecular weight excluding hydrogens is 395 g/mol. The van der Waals surface area contributed by atoms with Gasteiger partial charge >= 0.3 is 11.9 Å². The number of anilines is 1. The van der Waals surface area contributed by atoms with Crippen LogP contribution in [0.1, 0.15) is 11.3 Å². The smallest absolute Gasteiger partial charge is 0.383 e. The van der Waals surface area contributed by atoms with Crippen LogP contribution in [0.2, 0.25) is 25.7 Å². The lowest BCUT2D eigenvalue weighted by Gasteiger charge is -2.16. The number of aryl methyl sites for hydroxylation is 1. The minimum Gasteiger partial charge on any atom is -0.383 e. The van der Waals surface area contributed by atoms with Crippen molar-refractivity contribution in [3.8, 4) is 11.3 Å². The minimum absolute atomic E-state index is 0.0469. The first-order valence-electron chi connectivity index (χ1n) is 8.44. The molecule has 0 spiro atoms. The molecule has 2 N–H and O–H groups in total. The second-order valence-electron chi connectivity index (χ2n) is 7.54. The van der Waals surface area contributed by atoms with E-state index in [-0.39, 0.29) is 29.5 Å². The Labute approximate surface area is 160 Å². The van der Waals surface area contributed by atoms with E-state index in [4.69, 9.17) is 10.5 Å². The molecule has 8 nitrogen and oxygen atoms in total. The highest BCUT2D eigenvalue weighted by Crippen LogP contribution is 2.38. The summed E-state index contributed by atoms with van der Waals surface area (Å²) in [5.41, 5.74) is 3.93. The maximum absolute atomic E-state index is 13.1. The van der Waals surface area contributed by atoms with Crippen molar-refractivity contribution < 1.29 is 22.8 Å². The van der Waals surface area contributed by atoms with Crippen molar-refractivity contribution in [1.82, 2.24) is 14.8 Å². The molecule has 0 aromatic carbocycles. The van der Waals surface area contributed by atoms with Gasteiger partial charge in [0.1, 0.15) is 18.2 Å². The number of ether oxygens (including phenoxy) is 1. The topological polar surface area (TPSA) is 109 Å². The molecule has 28 heavy (non-hydrogen) atoms. The molecule has 0 radical (unpaired) electrons. The van der Waals surface area contributed by atoms with E-state index < -0.39 is 30.4 Å². The van der Waals surface area contributed by atoms with Crippen molar-refractivity contribution in [2.75, 3.05) is 12.3 Å². The maximum atomic E-state index is 13.1. The summed E-state index contributed by atoms with van der Waals surface area (Å²) in [6.07, 6.45) is -4.08. The normalized spacial score (nSPS) is 12.4. The second-order valence-corrected chi connectivity index (χ2v) is 13.2. The molecule has 12 heteroatoms. The van der Waals surface area contributed by atoms with Crippen molar-refractivity contribution in [1.29, 1.82) is 0 Å². The molecule has 154 valence electrons. The highest BCUT2D eigenvalue weighted by atomic mass is 28.3. The van der Waals surface area contributed by atoms with Crippen LogP contribution in [0.25, 0.3) is 11.3 Å². The number of hydrogen-bond acceptors (Lipinski definition) is 6. The first-order valence-corrected chi connectivity index (χ1v) is 12.1. The Morgan fingerprint density at radius 1 is 1.36 bits per heavy atom. The van der Waals surface area contributed by atoms with E-state index >= 15 is 0 Å². The van der Waals surface area contributed by atoms with Gasteiger partial charge < -0.3 is 10.5 Å². The standard InChI is InChI=1S/C16H22F3N5O3Si/c1-10-13(24(25)26)14(23(22-10)9-27-5-6-28(2,3)4)12-7-11(16(17,18)19)8-21-15(12)20/h7-8H,5-6,9H2,1-4H3,(H2,20,21). The molecule has 0 unspecified atom stereocenters. The van der Waals surface area contributed by atoms with Crippen LogP contribution < -0.4 is 5.73 Å². The largest absolute Gasteiger partial charge is 0.417 e. The van der Waals surface area contributed by atoms with Gasteiger partial charge in [-0.05, 0) is 19.0 Å². The van der Waals surface area contributed by atoms with Crippen molar-refractivity contribution in [2.24, 2.45) is 0 Å². The fraction of sp³-hybridized carbons (Fsp3) is 0.500. The lowest BCUT2D eigenvalue weighted by molar-refractivity contribution is -0.384. The summed E-state index contributed by atoms with van der Waals surface area (Å²) in [5, 5.41) is 15.6. The summed E-state index contributed by atoms with van der Waals surface area (Å²) in [4.78, 5) is 14.4. The first-order chi connectivity index (χ1) is 12.8. The molecule has 2 heterocycles. The van der Waals surface area contributed by atoms with Crippen molar-refractivity contribution in [3.63, 3.8) is 0 Å². The SMILES string of the molecule is Cc1nn(COCC[Si](C)(C)C)c(-c2cc(C(F)(F)F)cnc2N)c1[N+](=O)[O-]. The number of rotatable bonds is 7. The number of pyridine rings is 1. The van der Waals surface area contributed by atoms with Gasteiger partial charge in [0.05, 0.1) is 10.5 Å². The van der Waals surface area contributed by atoms with Gasteiger partial charge in [0.2, 0.25) is 0 Å².